The van der Waals surface area contributed by atoms with Crippen molar-refractivity contribution in [3.63, 3.8) is 0 Å². The Morgan fingerprint density at radius 2 is 0.625 bits per heavy atom. The fraction of sp³-hybridized carbons (Fsp3) is 0.206. The van der Waals surface area contributed by atoms with Crippen LogP contribution < -0.4 is 9.47 Å². The monoisotopic (exact) mass is 1060 g/mol. The van der Waals surface area contributed by atoms with E-state index in [2.05, 4.69) is 115 Å². The summed E-state index contributed by atoms with van der Waals surface area (Å²) in [5.74, 6) is 1.83. The molecule has 1 aliphatic carbocycles. The number of aromatic nitrogens is 6. The van der Waals surface area contributed by atoms with Crippen LogP contribution in [0.3, 0.4) is 0 Å². The Hall–Kier alpha value is -9.10. The van der Waals surface area contributed by atoms with Gasteiger partial charge in [-0.25, -0.2) is 0 Å². The number of rotatable bonds is 20. The first-order valence-electron chi connectivity index (χ1n) is 27.4. The molecule has 6 aromatic heterocycles. The molecule has 10 aromatic rings. The molecular formula is C68H64N8O4. The number of hydrogen-bond acceptors (Lipinski definition) is 12. The molecule has 80 heavy (non-hydrogen) atoms. The van der Waals surface area contributed by atoms with Gasteiger partial charge < -0.3 is 19.7 Å². The molecule has 0 spiro atoms. The fourth-order valence-electron chi connectivity index (χ4n) is 10.7. The summed E-state index contributed by atoms with van der Waals surface area (Å²) in [7, 11) is 0. The number of phenolic OH excluding ortho intramolecular Hbond substituents is 2. The largest absolute Gasteiger partial charge is 0.507 e. The van der Waals surface area contributed by atoms with Gasteiger partial charge in [0.05, 0.1) is 22.8 Å². The molecule has 0 aliphatic heterocycles. The first-order chi connectivity index (χ1) is 39.4. The third-order valence-electron chi connectivity index (χ3n) is 14.6. The van der Waals surface area contributed by atoms with E-state index in [-0.39, 0.29) is 24.7 Å². The molecule has 1 aliphatic rings. The van der Waals surface area contributed by atoms with Gasteiger partial charge >= 0.3 is 0 Å². The molecule has 2 N–H and O–H groups in total. The lowest BCUT2D eigenvalue weighted by Gasteiger charge is -2.25. The highest BCUT2D eigenvalue weighted by Gasteiger charge is 2.24. The van der Waals surface area contributed by atoms with Crippen LogP contribution in [0.5, 0.6) is 23.0 Å². The average Bonchev–Trinajstić information content (AvgIpc) is 3.51. The maximum Gasteiger partial charge on any atom is 0.130 e. The van der Waals surface area contributed by atoms with Crippen molar-refractivity contribution in [1.82, 2.24) is 39.7 Å². The Labute approximate surface area is 468 Å². The molecule has 0 saturated heterocycles. The Morgan fingerprint density at radius 3 is 0.925 bits per heavy atom. The number of aromatic hydroxyl groups is 2. The van der Waals surface area contributed by atoms with Gasteiger partial charge in [0.15, 0.2) is 0 Å². The van der Waals surface area contributed by atoms with Crippen molar-refractivity contribution in [1.29, 1.82) is 0 Å². The molecule has 0 saturated carbocycles. The summed E-state index contributed by atoms with van der Waals surface area (Å²) < 4.78 is 13.8. The summed E-state index contributed by atoms with van der Waals surface area (Å²) in [6.45, 7) is 4.37. The first kappa shape index (κ1) is 52.9. The lowest BCUT2D eigenvalue weighted by atomic mass is 9.89. The fourth-order valence-corrected chi connectivity index (χ4v) is 10.7. The van der Waals surface area contributed by atoms with Gasteiger partial charge in [0.2, 0.25) is 0 Å². The van der Waals surface area contributed by atoms with Crippen LogP contribution in [0, 0.1) is 0 Å². The second kappa shape index (κ2) is 26.0. The highest BCUT2D eigenvalue weighted by molar-refractivity contribution is 5.57. The van der Waals surface area contributed by atoms with Crippen molar-refractivity contribution in [2.45, 2.75) is 77.9 Å². The molecule has 4 aromatic carbocycles. The van der Waals surface area contributed by atoms with Gasteiger partial charge in [-0.1, -0.05) is 97.1 Å². The summed E-state index contributed by atoms with van der Waals surface area (Å²) in [5, 5.41) is 25.5. The van der Waals surface area contributed by atoms with Crippen LogP contribution in [0.25, 0.3) is 0 Å². The van der Waals surface area contributed by atoms with Crippen LogP contribution in [0.4, 0.5) is 0 Å². The minimum atomic E-state index is 0.221. The van der Waals surface area contributed by atoms with E-state index in [4.69, 9.17) is 19.4 Å². The smallest absolute Gasteiger partial charge is 0.130 e. The van der Waals surface area contributed by atoms with Gasteiger partial charge in [-0.2, -0.15) is 0 Å². The summed E-state index contributed by atoms with van der Waals surface area (Å²) in [6.07, 6.45) is 13.9. The van der Waals surface area contributed by atoms with Crippen LogP contribution in [0.1, 0.15) is 89.8 Å². The first-order valence-corrected chi connectivity index (χ1v) is 27.4. The zero-order chi connectivity index (χ0) is 54.3. The summed E-state index contributed by atoms with van der Waals surface area (Å²) >= 11 is 0. The topological polar surface area (TPSA) is 143 Å². The lowest BCUT2D eigenvalue weighted by molar-refractivity contribution is 0.256. The van der Waals surface area contributed by atoms with E-state index in [1.165, 1.54) is 0 Å². The summed E-state index contributed by atoms with van der Waals surface area (Å²) in [5.41, 5.74) is 14.3. The van der Waals surface area contributed by atoms with Crippen molar-refractivity contribution in [3.05, 3.63) is 297 Å². The molecule has 12 heteroatoms. The third kappa shape index (κ3) is 14.0. The van der Waals surface area contributed by atoms with Crippen molar-refractivity contribution < 1.29 is 19.7 Å². The molecule has 0 fully saturated rings. The van der Waals surface area contributed by atoms with Crippen LogP contribution in [-0.2, 0) is 77.9 Å². The molecule has 0 radical (unpaired) electrons. The number of hydrogen-bond donors (Lipinski definition) is 2. The molecule has 400 valence electrons. The van der Waals surface area contributed by atoms with Crippen molar-refractivity contribution in [3.8, 4) is 23.0 Å². The zero-order valence-electron chi connectivity index (χ0n) is 44.8. The maximum atomic E-state index is 12.7. The summed E-state index contributed by atoms with van der Waals surface area (Å²) in [4.78, 5) is 32.8. The molecule has 0 atom stereocenters. The van der Waals surface area contributed by atoms with Crippen LogP contribution >= 0.6 is 0 Å². The minimum Gasteiger partial charge on any atom is -0.507 e. The highest BCUT2D eigenvalue weighted by atomic mass is 16.5. The van der Waals surface area contributed by atoms with Crippen LogP contribution in [0.2, 0.25) is 0 Å². The molecule has 6 heterocycles. The summed E-state index contributed by atoms with van der Waals surface area (Å²) in [6, 6.07) is 56.8. The second-order valence-corrected chi connectivity index (χ2v) is 20.5. The van der Waals surface area contributed by atoms with Crippen LogP contribution in [0.15, 0.2) is 207 Å². The van der Waals surface area contributed by atoms with Gasteiger partial charge in [0.25, 0.3) is 0 Å². The molecule has 0 unspecified atom stereocenters. The normalized spacial score (nSPS) is 12.1. The van der Waals surface area contributed by atoms with Crippen molar-refractivity contribution in [2.75, 3.05) is 13.1 Å². The van der Waals surface area contributed by atoms with E-state index >= 15 is 0 Å². The van der Waals surface area contributed by atoms with Gasteiger partial charge in [0, 0.05) is 126 Å². The van der Waals surface area contributed by atoms with E-state index < -0.39 is 0 Å². The van der Waals surface area contributed by atoms with E-state index in [1.54, 1.807) is 12.4 Å². The highest BCUT2D eigenvalue weighted by Crippen LogP contribution is 2.40. The van der Waals surface area contributed by atoms with Crippen LogP contribution in [-0.4, -0.2) is 63.0 Å². The van der Waals surface area contributed by atoms with Gasteiger partial charge in [-0.05, 0) is 128 Å². The number of phenols is 2. The second-order valence-electron chi connectivity index (χ2n) is 20.5. The molecule has 8 bridgehead atoms. The number of pyridine rings is 6. The Kier molecular flexibility index (Phi) is 17.2. The van der Waals surface area contributed by atoms with Gasteiger partial charge in [-0.3, -0.25) is 39.7 Å². The Balaban J connectivity index is 1.03. The SMILES string of the molecule is Oc1c2cc(CN(CCc3ccccn3)Cc3ccccn3)cc1Cc1cccc(c1OCc1ccccn1)Cc1cc(CN(CCc3ccccn3)Cc3ccccn3)cc(c1O)Cc1cccc(c1OCc1ccccn1)C2. The standard InChI is InChI=1S/C68H64N8O4/c77-65-55-35-49(43-75(45-61-21-3-9-29-71-61)33-25-59-19-1-7-27-69-59)36-56(65)40-52-16-14-18-54(68(52)80-48-64-24-6-12-32-74-64)42-58-38-50(44-76(46-62-22-4-10-30-72-62)34-26-60-20-2-8-28-70-60)37-57(66(58)78)41-53-17-13-15-51(39-55)67(53)79-47-63-23-5-11-31-73-63/h1-24,27-32,35-38,77-78H,25-26,33-34,39-48H2. The van der Waals surface area contributed by atoms with Gasteiger partial charge in [-0.15, -0.1) is 0 Å². The van der Waals surface area contributed by atoms with Crippen molar-refractivity contribution >= 4 is 0 Å². The Bertz CT molecular complexity index is 3270. The molecule has 0 amide bonds. The number of nitrogens with zero attached hydrogens (tertiary/aromatic N) is 8. The van der Waals surface area contributed by atoms with Crippen molar-refractivity contribution in [2.24, 2.45) is 0 Å². The van der Waals surface area contributed by atoms with E-state index in [9.17, 15) is 10.2 Å². The molecule has 11 rings (SSSR count). The number of para-hydroxylation sites is 2. The maximum absolute atomic E-state index is 12.7. The predicted octanol–water partition coefficient (Wildman–Crippen LogP) is 11.8. The molecular weight excluding hydrogens is 993 g/mol. The predicted molar refractivity (Wildman–Crippen MR) is 310 cm³/mol. The number of benzene rings is 4. The van der Waals surface area contributed by atoms with Gasteiger partial charge in [0.1, 0.15) is 36.2 Å². The lowest BCUT2D eigenvalue weighted by Crippen LogP contribution is -2.26. The van der Waals surface area contributed by atoms with E-state index in [0.717, 1.165) is 116 Å². The molecule has 12 nitrogen and oxygen atoms in total. The van der Waals surface area contributed by atoms with E-state index in [1.807, 2.05) is 110 Å². The minimum absolute atomic E-state index is 0.221. The number of ether oxygens (including phenoxy) is 2. The quantitative estimate of drug-likeness (QED) is 0.0750. The Morgan fingerprint density at radius 1 is 0.325 bits per heavy atom. The zero-order valence-corrected chi connectivity index (χ0v) is 44.8. The average molecular weight is 1060 g/mol. The van der Waals surface area contributed by atoms with E-state index in [0.29, 0.717) is 63.4 Å². The third-order valence-corrected chi connectivity index (χ3v) is 14.6. The number of fused-ring (bicyclic) bond motifs is 8.